The molecule has 29 heavy (non-hydrogen) atoms. The minimum Gasteiger partial charge on any atom is -0.493 e. The summed E-state index contributed by atoms with van der Waals surface area (Å²) in [5.41, 5.74) is 1.81. The van der Waals surface area contributed by atoms with E-state index >= 15 is 0 Å². The van der Waals surface area contributed by atoms with Crippen LogP contribution in [0.1, 0.15) is 31.9 Å². The summed E-state index contributed by atoms with van der Waals surface area (Å²) in [4.78, 5) is 14.1. The van der Waals surface area contributed by atoms with E-state index in [0.717, 1.165) is 68.0 Å². The van der Waals surface area contributed by atoms with Crippen molar-refractivity contribution in [3.8, 4) is 11.5 Å². The molecule has 0 amide bonds. The molecule has 0 N–H and O–H groups in total. The number of methoxy groups -OCH3 is 2. The number of rotatable bonds is 12. The molecular weight excluding hydrogens is 590 g/mol. The number of nitrogens with zero attached hydrogens (tertiary/aromatic N) is 4. The van der Waals surface area contributed by atoms with E-state index in [2.05, 4.69) is 37.1 Å². The summed E-state index contributed by atoms with van der Waals surface area (Å²) in [5, 5.41) is 0.982. The van der Waals surface area contributed by atoms with E-state index in [0.29, 0.717) is 11.5 Å². The van der Waals surface area contributed by atoms with Gasteiger partial charge in [-0.05, 0) is 33.5 Å². The average Bonchev–Trinajstić information content (AvgIpc) is 2.70. The van der Waals surface area contributed by atoms with Crippen molar-refractivity contribution in [2.75, 3.05) is 52.3 Å². The second kappa shape index (κ2) is 13.3. The molecule has 0 aliphatic rings. The molecular formula is C22H34N4O2U. The number of hydrogen-bond donors (Lipinski definition) is 0. The SMILES string of the molecule is [CH2-]CC[CH-]CCN(C)CCN(CC)c1nc(C)c2cc(OC)c(OC)cc2n1.[U+2]. The quantitative estimate of drug-likeness (QED) is 0.264. The Balaban J connectivity index is 0.00000420. The molecule has 1 aromatic heterocycles. The molecule has 0 aliphatic carbocycles. The number of anilines is 1. The molecule has 6 nitrogen and oxygen atoms in total. The van der Waals surface area contributed by atoms with Gasteiger partial charge in [0.15, 0.2) is 11.5 Å². The topological polar surface area (TPSA) is 50.7 Å². The van der Waals surface area contributed by atoms with Crippen molar-refractivity contribution in [2.24, 2.45) is 0 Å². The first kappa shape index (κ1) is 26.0. The molecule has 0 fully saturated rings. The first-order valence-corrected chi connectivity index (χ1v) is 9.98. The van der Waals surface area contributed by atoms with Crippen LogP contribution < -0.4 is 14.4 Å². The number of aryl methyl sites for hydroxylation is 1. The number of hydrogen-bond acceptors (Lipinski definition) is 6. The minimum absolute atomic E-state index is 0. The van der Waals surface area contributed by atoms with E-state index in [1.54, 1.807) is 14.2 Å². The zero-order valence-corrected chi connectivity index (χ0v) is 22.7. The number of aromatic nitrogens is 2. The molecule has 0 unspecified atom stereocenters. The van der Waals surface area contributed by atoms with Crippen LogP contribution in [0.15, 0.2) is 12.1 Å². The maximum atomic E-state index is 5.43. The third-order valence-electron chi connectivity index (χ3n) is 4.92. The van der Waals surface area contributed by atoms with E-state index in [1.807, 2.05) is 19.1 Å². The van der Waals surface area contributed by atoms with Crippen molar-refractivity contribution < 1.29 is 40.6 Å². The molecule has 1 heterocycles. The Labute approximate surface area is 199 Å². The maximum Gasteiger partial charge on any atom is 2.00 e. The Morgan fingerprint density at radius 1 is 1.03 bits per heavy atom. The first-order chi connectivity index (χ1) is 13.5. The van der Waals surface area contributed by atoms with E-state index < -0.39 is 0 Å². The standard InChI is InChI=1S/C22H34N4O2.U/c1-7-9-10-11-12-25(4)13-14-26(8-2)22-23-17(3)18-15-20(27-5)21(28-6)16-19(18)24-22;/h10,15-16H,1,7-9,11-14H2,2-6H3;/q-2;+2. The summed E-state index contributed by atoms with van der Waals surface area (Å²) in [6, 6.07) is 3.87. The van der Waals surface area contributed by atoms with Crippen molar-refractivity contribution in [1.82, 2.24) is 14.9 Å². The van der Waals surface area contributed by atoms with Crippen LogP contribution in [0.5, 0.6) is 11.5 Å². The number of likely N-dealkylation sites (N-methyl/N-ethyl adjacent to an activating group) is 2. The fraction of sp³-hybridized carbons (Fsp3) is 0.545. The van der Waals surface area contributed by atoms with E-state index in [4.69, 9.17) is 19.4 Å². The zero-order valence-electron chi connectivity index (χ0n) is 18.5. The Kier molecular flexibility index (Phi) is 11.9. The van der Waals surface area contributed by atoms with Crippen molar-refractivity contribution in [3.05, 3.63) is 31.2 Å². The van der Waals surface area contributed by atoms with Crippen molar-refractivity contribution in [3.63, 3.8) is 0 Å². The van der Waals surface area contributed by atoms with Gasteiger partial charge in [-0.15, -0.1) is 0 Å². The summed E-state index contributed by atoms with van der Waals surface area (Å²) >= 11 is 0. The molecule has 2 rings (SSSR count). The first-order valence-electron chi connectivity index (χ1n) is 9.98. The van der Waals surface area contributed by atoms with Gasteiger partial charge in [0.05, 0.1) is 25.4 Å². The molecule has 0 atom stereocenters. The smallest absolute Gasteiger partial charge is 0.493 e. The predicted octanol–water partition coefficient (Wildman–Crippen LogP) is 3.92. The molecule has 1 aromatic carbocycles. The molecule has 158 valence electrons. The second-order valence-corrected chi connectivity index (χ2v) is 6.94. The Bertz CT molecular complexity index is 757. The molecule has 0 aliphatic heterocycles. The zero-order chi connectivity index (χ0) is 20.5. The molecule has 0 bridgehead atoms. The Morgan fingerprint density at radius 3 is 2.34 bits per heavy atom. The molecule has 0 radical (unpaired) electrons. The largest absolute Gasteiger partial charge is 2.00 e. The second-order valence-electron chi connectivity index (χ2n) is 6.94. The fourth-order valence-corrected chi connectivity index (χ4v) is 3.14. The van der Waals surface area contributed by atoms with Gasteiger partial charge in [0.1, 0.15) is 0 Å². The van der Waals surface area contributed by atoms with Crippen molar-refractivity contribution >= 4 is 16.9 Å². The minimum atomic E-state index is 0. The summed E-state index contributed by atoms with van der Waals surface area (Å²) in [7, 11) is 5.44. The third-order valence-corrected chi connectivity index (χ3v) is 4.92. The van der Waals surface area contributed by atoms with Crippen LogP contribution in [-0.4, -0.2) is 62.3 Å². The van der Waals surface area contributed by atoms with Crippen LogP contribution in [0.25, 0.3) is 10.9 Å². The van der Waals surface area contributed by atoms with Gasteiger partial charge in [-0.1, -0.05) is 0 Å². The summed E-state index contributed by atoms with van der Waals surface area (Å²) in [6.07, 6.45) is 5.49. The van der Waals surface area contributed by atoms with E-state index in [9.17, 15) is 0 Å². The maximum absolute atomic E-state index is 5.43. The van der Waals surface area contributed by atoms with Gasteiger partial charge in [-0.2, -0.15) is 6.42 Å². The molecule has 7 heteroatoms. The van der Waals surface area contributed by atoms with Gasteiger partial charge in [0.25, 0.3) is 0 Å². The van der Waals surface area contributed by atoms with Crippen LogP contribution in [0.3, 0.4) is 0 Å². The average molecular weight is 625 g/mol. The van der Waals surface area contributed by atoms with Crippen LogP contribution in [0.4, 0.5) is 5.95 Å². The van der Waals surface area contributed by atoms with Gasteiger partial charge in [0.2, 0.25) is 5.95 Å². The van der Waals surface area contributed by atoms with Crippen molar-refractivity contribution in [2.45, 2.75) is 33.1 Å². The van der Waals surface area contributed by atoms with Gasteiger partial charge >= 0.3 is 31.1 Å². The molecule has 0 saturated carbocycles. The van der Waals surface area contributed by atoms with Gasteiger partial charge in [-0.3, -0.25) is 0 Å². The Hall–Kier alpha value is -1.03. The van der Waals surface area contributed by atoms with Gasteiger partial charge < -0.3 is 32.6 Å². The summed E-state index contributed by atoms with van der Waals surface area (Å²) < 4.78 is 10.8. The van der Waals surface area contributed by atoms with Gasteiger partial charge in [-0.25, -0.2) is 22.8 Å². The Morgan fingerprint density at radius 2 is 1.72 bits per heavy atom. The number of fused-ring (bicyclic) bond motifs is 1. The number of ether oxygens (including phenoxy) is 2. The molecule has 0 saturated heterocycles. The van der Waals surface area contributed by atoms with Crippen LogP contribution in [-0.2, 0) is 0 Å². The molecule has 2 aromatic rings. The predicted molar refractivity (Wildman–Crippen MR) is 116 cm³/mol. The van der Waals surface area contributed by atoms with Gasteiger partial charge in [0, 0.05) is 31.1 Å². The summed E-state index contributed by atoms with van der Waals surface area (Å²) in [5.74, 6) is 2.14. The van der Waals surface area contributed by atoms with Crippen LogP contribution in [0.2, 0.25) is 0 Å². The fourth-order valence-electron chi connectivity index (χ4n) is 3.14. The van der Waals surface area contributed by atoms with E-state index in [1.165, 1.54) is 0 Å². The third kappa shape index (κ3) is 7.31. The molecule has 0 spiro atoms. The number of benzene rings is 1. The van der Waals surface area contributed by atoms with Crippen LogP contribution in [0, 0.1) is 51.4 Å². The monoisotopic (exact) mass is 624 g/mol. The van der Waals surface area contributed by atoms with E-state index in [-0.39, 0.29) is 31.1 Å². The normalized spacial score (nSPS) is 10.9. The van der Waals surface area contributed by atoms with Crippen LogP contribution >= 0.6 is 0 Å². The summed E-state index contributed by atoms with van der Waals surface area (Å²) in [6.45, 7) is 11.8. The van der Waals surface area contributed by atoms with Crippen molar-refractivity contribution in [1.29, 1.82) is 0 Å². The number of unbranched alkanes of at least 4 members (excludes halogenated alkanes) is 3.